The molecule has 1 fully saturated rings. The Bertz CT molecular complexity index is 537. The molecule has 1 amide bonds. The lowest BCUT2D eigenvalue weighted by atomic mass is 9.76. The first-order chi connectivity index (χ1) is 9.12. The zero-order chi connectivity index (χ0) is 13.5. The summed E-state index contributed by atoms with van der Waals surface area (Å²) in [6, 6.07) is 7.83. The number of benzene rings is 1. The second-order valence-corrected chi connectivity index (χ2v) is 6.24. The van der Waals surface area contributed by atoms with E-state index in [1.807, 2.05) is 24.3 Å². The summed E-state index contributed by atoms with van der Waals surface area (Å²) in [7, 11) is 0. The van der Waals surface area contributed by atoms with Gasteiger partial charge >= 0.3 is 5.97 Å². The molecule has 1 aromatic rings. The second-order valence-electron chi connectivity index (χ2n) is 5.13. The van der Waals surface area contributed by atoms with E-state index >= 15 is 0 Å². The Morgan fingerprint density at radius 1 is 1.37 bits per heavy atom. The van der Waals surface area contributed by atoms with Gasteiger partial charge in [0.1, 0.15) is 5.54 Å². The molecule has 1 aliphatic heterocycles. The predicted octanol–water partition coefficient (Wildman–Crippen LogP) is 1.40. The van der Waals surface area contributed by atoms with Gasteiger partial charge in [-0.15, -0.1) is 0 Å². The minimum absolute atomic E-state index is 0.149. The number of carboxylic acids is 1. The smallest absolute Gasteiger partial charge is 0.330 e. The summed E-state index contributed by atoms with van der Waals surface area (Å²) in [6.07, 6.45) is 1.22. The lowest BCUT2D eigenvalue weighted by Gasteiger charge is -2.33. The van der Waals surface area contributed by atoms with Gasteiger partial charge in [0.15, 0.2) is 0 Å². The molecule has 4 nitrogen and oxygen atoms in total. The largest absolute Gasteiger partial charge is 0.479 e. The molecule has 1 aromatic carbocycles. The molecular weight excluding hydrogens is 262 g/mol. The van der Waals surface area contributed by atoms with Crippen molar-refractivity contribution in [1.29, 1.82) is 0 Å². The number of amides is 1. The van der Waals surface area contributed by atoms with Gasteiger partial charge in [0.2, 0.25) is 5.91 Å². The third-order valence-electron chi connectivity index (χ3n) is 3.96. The van der Waals surface area contributed by atoms with Crippen molar-refractivity contribution in [3.05, 3.63) is 35.4 Å². The molecular formula is C14H15NO3S. The van der Waals surface area contributed by atoms with E-state index in [1.54, 1.807) is 11.8 Å². The van der Waals surface area contributed by atoms with Crippen LogP contribution in [0.1, 0.15) is 23.5 Å². The van der Waals surface area contributed by atoms with Gasteiger partial charge in [-0.25, -0.2) is 4.79 Å². The van der Waals surface area contributed by atoms with Gasteiger partial charge in [-0.05, 0) is 29.7 Å². The quantitative estimate of drug-likeness (QED) is 0.876. The summed E-state index contributed by atoms with van der Waals surface area (Å²) in [5.74, 6) is -0.00362. The number of carbonyl (C=O) groups is 2. The number of hydrogen-bond donors (Lipinski definition) is 2. The first-order valence-electron chi connectivity index (χ1n) is 6.33. The fourth-order valence-electron chi connectivity index (χ4n) is 2.70. The number of aliphatic carboxylic acids is 1. The van der Waals surface area contributed by atoms with Crippen LogP contribution in [0.15, 0.2) is 24.3 Å². The third-order valence-corrected chi connectivity index (χ3v) is 5.15. The van der Waals surface area contributed by atoms with E-state index in [-0.39, 0.29) is 11.8 Å². The molecule has 5 heteroatoms. The van der Waals surface area contributed by atoms with Crippen LogP contribution in [0.25, 0.3) is 0 Å². The van der Waals surface area contributed by atoms with Gasteiger partial charge in [0.25, 0.3) is 0 Å². The van der Waals surface area contributed by atoms with Crippen molar-refractivity contribution in [3.8, 4) is 0 Å². The van der Waals surface area contributed by atoms with Crippen LogP contribution in [0.4, 0.5) is 0 Å². The molecule has 2 atom stereocenters. The van der Waals surface area contributed by atoms with Gasteiger partial charge in [0.05, 0.1) is 5.92 Å². The maximum absolute atomic E-state index is 12.3. The number of fused-ring (bicyclic) bond motifs is 1. The van der Waals surface area contributed by atoms with Crippen molar-refractivity contribution in [2.75, 3.05) is 11.5 Å². The lowest BCUT2D eigenvalue weighted by Crippen LogP contribution is -2.56. The Morgan fingerprint density at radius 2 is 2.16 bits per heavy atom. The Balaban J connectivity index is 1.75. The molecule has 0 radical (unpaired) electrons. The number of carboxylic acid groups (broad SMARTS) is 1. The molecule has 2 unspecified atom stereocenters. The van der Waals surface area contributed by atoms with Crippen LogP contribution in [0.5, 0.6) is 0 Å². The molecule has 19 heavy (non-hydrogen) atoms. The van der Waals surface area contributed by atoms with Gasteiger partial charge < -0.3 is 10.4 Å². The fraction of sp³-hybridized carbons (Fsp3) is 0.429. The Hall–Kier alpha value is -1.49. The SMILES string of the molecule is O=C(NC1(C(=O)O)CCSC1)C1Cc2ccccc21. The maximum Gasteiger partial charge on any atom is 0.330 e. The monoisotopic (exact) mass is 277 g/mol. The van der Waals surface area contributed by atoms with Crippen molar-refractivity contribution >= 4 is 23.6 Å². The van der Waals surface area contributed by atoms with Crippen LogP contribution >= 0.6 is 11.8 Å². The predicted molar refractivity (Wildman–Crippen MR) is 73.3 cm³/mol. The van der Waals surface area contributed by atoms with Gasteiger partial charge in [-0.1, -0.05) is 24.3 Å². The highest BCUT2D eigenvalue weighted by Gasteiger charge is 2.45. The standard InChI is InChI=1S/C14H15NO3S/c16-12(11-7-9-3-1-2-4-10(9)11)15-14(13(17)18)5-6-19-8-14/h1-4,11H,5-8H2,(H,15,16)(H,17,18). The summed E-state index contributed by atoms with van der Waals surface area (Å²) in [5, 5.41) is 12.1. The van der Waals surface area contributed by atoms with Gasteiger partial charge in [-0.2, -0.15) is 11.8 Å². The molecule has 0 bridgehead atoms. The number of hydrogen-bond acceptors (Lipinski definition) is 3. The molecule has 1 heterocycles. The average Bonchev–Trinajstić information content (AvgIpc) is 2.80. The Kier molecular flexibility index (Phi) is 3.01. The van der Waals surface area contributed by atoms with Crippen molar-refractivity contribution in [2.45, 2.75) is 24.3 Å². The normalized spacial score (nSPS) is 28.3. The first-order valence-corrected chi connectivity index (χ1v) is 7.49. The molecule has 1 saturated heterocycles. The van der Waals surface area contributed by atoms with Crippen molar-refractivity contribution < 1.29 is 14.7 Å². The zero-order valence-corrected chi connectivity index (χ0v) is 11.2. The lowest BCUT2D eigenvalue weighted by molar-refractivity contribution is -0.146. The highest BCUT2D eigenvalue weighted by Crippen LogP contribution is 2.36. The minimum atomic E-state index is -1.06. The zero-order valence-electron chi connectivity index (χ0n) is 10.4. The van der Waals surface area contributed by atoms with Crippen LogP contribution in [0, 0.1) is 0 Å². The third kappa shape index (κ3) is 2.02. The van der Waals surface area contributed by atoms with E-state index < -0.39 is 11.5 Å². The van der Waals surface area contributed by atoms with Crippen LogP contribution in [-0.2, 0) is 16.0 Å². The molecule has 100 valence electrons. The van der Waals surface area contributed by atoms with Crippen LogP contribution in [0.2, 0.25) is 0 Å². The topological polar surface area (TPSA) is 66.4 Å². The fourth-order valence-corrected chi connectivity index (χ4v) is 4.03. The van der Waals surface area contributed by atoms with E-state index in [2.05, 4.69) is 5.32 Å². The second kappa shape index (κ2) is 4.56. The summed E-state index contributed by atoms with van der Waals surface area (Å²) in [5.41, 5.74) is 1.16. The molecule has 2 N–H and O–H groups in total. The number of thioether (sulfide) groups is 1. The number of rotatable bonds is 3. The number of carbonyl (C=O) groups excluding carboxylic acids is 1. The Morgan fingerprint density at radius 3 is 2.79 bits per heavy atom. The summed E-state index contributed by atoms with van der Waals surface area (Å²) < 4.78 is 0. The minimum Gasteiger partial charge on any atom is -0.479 e. The maximum atomic E-state index is 12.3. The molecule has 0 saturated carbocycles. The average molecular weight is 277 g/mol. The molecule has 2 aliphatic rings. The van der Waals surface area contributed by atoms with Gasteiger partial charge in [0, 0.05) is 5.75 Å². The van der Waals surface area contributed by atoms with Crippen molar-refractivity contribution in [1.82, 2.24) is 5.32 Å². The molecule has 0 spiro atoms. The van der Waals surface area contributed by atoms with Crippen LogP contribution in [-0.4, -0.2) is 34.0 Å². The van der Waals surface area contributed by atoms with E-state index in [9.17, 15) is 14.7 Å². The van der Waals surface area contributed by atoms with E-state index in [4.69, 9.17) is 0 Å². The highest BCUT2D eigenvalue weighted by atomic mass is 32.2. The summed E-state index contributed by atoms with van der Waals surface area (Å²) in [6.45, 7) is 0. The molecule has 0 aromatic heterocycles. The van der Waals surface area contributed by atoms with Crippen LogP contribution < -0.4 is 5.32 Å². The van der Waals surface area contributed by atoms with Crippen molar-refractivity contribution in [2.24, 2.45) is 0 Å². The van der Waals surface area contributed by atoms with E-state index in [0.29, 0.717) is 18.6 Å². The molecule has 1 aliphatic carbocycles. The van der Waals surface area contributed by atoms with Crippen LogP contribution in [0.3, 0.4) is 0 Å². The van der Waals surface area contributed by atoms with Gasteiger partial charge in [-0.3, -0.25) is 4.79 Å². The summed E-state index contributed by atoms with van der Waals surface area (Å²) in [4.78, 5) is 23.7. The van der Waals surface area contributed by atoms with Crippen molar-refractivity contribution in [3.63, 3.8) is 0 Å². The Labute approximate surface area is 115 Å². The van der Waals surface area contributed by atoms with E-state index in [1.165, 1.54) is 5.56 Å². The summed E-state index contributed by atoms with van der Waals surface area (Å²) >= 11 is 1.58. The highest BCUT2D eigenvalue weighted by molar-refractivity contribution is 7.99. The van der Waals surface area contributed by atoms with E-state index in [0.717, 1.165) is 11.3 Å². The number of nitrogens with one attached hydrogen (secondary N) is 1. The molecule has 3 rings (SSSR count). The first kappa shape index (κ1) is 12.5.